The summed E-state index contributed by atoms with van der Waals surface area (Å²) in [5.41, 5.74) is 30.5. The first-order chi connectivity index (χ1) is 67.1. The highest BCUT2D eigenvalue weighted by atomic mass is 16.5. The molecule has 4 aromatic heterocycles. The highest BCUT2D eigenvalue weighted by Gasteiger charge is 2.38. The number of benzene rings is 14. The summed E-state index contributed by atoms with van der Waals surface area (Å²) in [4.78, 5) is 124. The van der Waals surface area contributed by atoms with Gasteiger partial charge >= 0.3 is 0 Å². The molecule has 18 nitrogen and oxygen atoms in total. The molecule has 0 unspecified atom stereocenters. The molecule has 0 bridgehead atoms. The Kier molecular flexibility index (Phi) is 24.7. The van der Waals surface area contributed by atoms with E-state index in [0.717, 1.165) is 158 Å². The first-order valence-corrected chi connectivity index (χ1v) is 47.2. The third-order valence-corrected chi connectivity index (χ3v) is 27.5. The van der Waals surface area contributed by atoms with Gasteiger partial charge in [0.25, 0.3) is 22.2 Å². The minimum atomic E-state index is -0.544. The Morgan fingerprint density at radius 1 is 0.324 bits per heavy atom. The Morgan fingerprint density at radius 2 is 0.763 bits per heavy atom. The number of ether oxygens (including phenoxy) is 1. The Balaban J connectivity index is 0.000000124. The van der Waals surface area contributed by atoms with Crippen molar-refractivity contribution in [1.82, 2.24) is 18.7 Å². The maximum Gasteiger partial charge on any atom is 0.260 e. The molecule has 4 heterocycles. The van der Waals surface area contributed by atoms with Crippen LogP contribution in [0.1, 0.15) is 181 Å². The summed E-state index contributed by atoms with van der Waals surface area (Å²) < 4.78 is 11.5. The number of carbonyl (C=O) groups excluding carboxylic acids is 5. The smallest absolute Gasteiger partial charge is 0.260 e. The van der Waals surface area contributed by atoms with Crippen LogP contribution in [-0.2, 0) is 27.6 Å². The molecule has 688 valence electrons. The van der Waals surface area contributed by atoms with Crippen LogP contribution in [0.25, 0.3) is 88.1 Å². The monoisotopic (exact) mass is 1830 g/mol. The average molecular weight is 1830 g/mol. The Morgan fingerprint density at radius 3 is 1.27 bits per heavy atom. The fraction of sp³-hybridized carbons (Fsp3) is 0.165. The molecular formula is C121H104N8O10. The molecular weight excluding hydrogens is 1730 g/mol. The van der Waals surface area contributed by atoms with E-state index in [0.29, 0.717) is 89.3 Å². The topological polar surface area (TPSA) is 242 Å². The van der Waals surface area contributed by atoms with E-state index in [2.05, 4.69) is 117 Å². The molecule has 18 heteroatoms. The van der Waals surface area contributed by atoms with Crippen LogP contribution in [0.2, 0.25) is 0 Å². The normalized spacial score (nSPS) is 12.0. The minimum absolute atomic E-state index is 0.00851. The number of nitrogens with zero attached hydrogens (tertiary/aromatic N) is 3. The van der Waals surface area contributed by atoms with Gasteiger partial charge in [0.1, 0.15) is 5.75 Å². The Bertz CT molecular complexity index is 8480. The van der Waals surface area contributed by atoms with Gasteiger partial charge in [0.2, 0.25) is 0 Å². The lowest BCUT2D eigenvalue weighted by molar-refractivity contribution is 0.102. The molecule has 5 N–H and O–H groups in total. The number of pyridine rings is 4. The molecule has 0 aliphatic heterocycles. The summed E-state index contributed by atoms with van der Waals surface area (Å²) in [6.07, 6.45) is 8.47. The van der Waals surface area contributed by atoms with E-state index < -0.39 is 11.3 Å². The third-order valence-electron chi connectivity index (χ3n) is 27.5. The predicted octanol–water partition coefficient (Wildman–Crippen LogP) is 26.7. The van der Waals surface area contributed by atoms with Crippen LogP contribution in [-0.4, -0.2) is 47.6 Å². The lowest BCUT2D eigenvalue weighted by Gasteiger charge is -2.26. The third kappa shape index (κ3) is 16.9. The van der Waals surface area contributed by atoms with Crippen molar-refractivity contribution in [2.24, 2.45) is 21.1 Å². The number of hydrogen-bond acceptors (Lipinski definition) is 14. The van der Waals surface area contributed by atoms with Crippen molar-refractivity contribution in [2.45, 2.75) is 114 Å². The largest absolute Gasteiger partial charge is 0.455 e. The molecule has 22 rings (SSSR count). The molecule has 0 saturated carbocycles. The fourth-order valence-electron chi connectivity index (χ4n) is 20.2. The molecule has 0 atom stereocenters. The summed E-state index contributed by atoms with van der Waals surface area (Å²) in [6, 6.07) is 87.4. The van der Waals surface area contributed by atoms with Crippen LogP contribution in [0.15, 0.2) is 298 Å². The average Bonchev–Trinajstić information content (AvgIpc) is 0.708. The van der Waals surface area contributed by atoms with Gasteiger partial charge in [-0.1, -0.05) is 226 Å². The second kappa shape index (κ2) is 37.5. The van der Waals surface area contributed by atoms with Crippen molar-refractivity contribution in [2.75, 3.05) is 21.3 Å². The van der Waals surface area contributed by atoms with Gasteiger partial charge in [-0.05, 0) is 237 Å². The summed E-state index contributed by atoms with van der Waals surface area (Å²) >= 11 is 0. The van der Waals surface area contributed by atoms with Crippen LogP contribution in [0.5, 0.6) is 11.5 Å². The van der Waals surface area contributed by atoms with Crippen molar-refractivity contribution in [3.63, 3.8) is 0 Å². The van der Waals surface area contributed by atoms with E-state index in [-0.39, 0.29) is 45.4 Å². The number of hydrogen-bond donors (Lipinski definition) is 5. The zero-order valence-electron chi connectivity index (χ0n) is 79.9. The number of nitrogens with one attached hydrogen (secondary N) is 5. The molecule has 0 fully saturated rings. The molecule has 139 heavy (non-hydrogen) atoms. The number of carbonyl (C=O) groups is 5. The van der Waals surface area contributed by atoms with E-state index in [1.165, 1.54) is 48.8 Å². The number of unbranched alkanes of at least 4 members (excludes halogenated alkanes) is 5. The maximum absolute atomic E-state index is 14.6. The van der Waals surface area contributed by atoms with Gasteiger partial charge in [-0.3, -0.25) is 43.2 Å². The lowest BCUT2D eigenvalue weighted by atomic mass is 9.80. The molecule has 4 aliphatic carbocycles. The highest BCUT2D eigenvalue weighted by molar-refractivity contribution is 6.33. The quantitative estimate of drug-likeness (QED) is 0.0374. The van der Waals surface area contributed by atoms with Gasteiger partial charge in [-0.2, -0.15) is 0 Å². The number of H-pyrrole nitrogens is 1. The summed E-state index contributed by atoms with van der Waals surface area (Å²) in [5, 5.41) is 16.9. The van der Waals surface area contributed by atoms with E-state index in [4.69, 9.17) is 4.74 Å². The first-order valence-electron chi connectivity index (χ1n) is 47.2. The second-order valence-electron chi connectivity index (χ2n) is 36.9. The SMILES string of the molecule is CCCCCCCCc1ccc(Oc2cc(Nc3c(C)ccc(C)c3C)c3c4c(c(C(=O)c5ccccc5)c(=O)[nH]c24)-c2ccccc2C3=O)cc1C.Cc1cc(C)cc(Nc2ccc3c4c(cc(=O)n3C)-c3ccccc3C(=O)c24)c1.Cc1ccc(Nc2ccc3c4c(cc(=O)n3C)-c3ccccc3C(=O)c24)c(C)c1.Cc1ccc(Nc2ccc3c4c(cc(=O)n3C)-c3ccccc3C(=O)c24)cc1. The number of ketones is 5. The molecule has 0 amide bonds. The van der Waals surface area contributed by atoms with Crippen LogP contribution >= 0.6 is 0 Å². The van der Waals surface area contributed by atoms with Gasteiger partial charge in [-0.25, -0.2) is 0 Å². The number of rotatable bonds is 19. The van der Waals surface area contributed by atoms with Gasteiger partial charge in [0.15, 0.2) is 34.7 Å². The van der Waals surface area contributed by atoms with Crippen molar-refractivity contribution < 1.29 is 28.7 Å². The summed E-state index contributed by atoms with van der Waals surface area (Å²) in [7, 11) is 5.23. The molecule has 0 radical (unpaired) electrons. The molecule has 14 aromatic carbocycles. The minimum Gasteiger partial charge on any atom is -0.455 e. The van der Waals surface area contributed by atoms with Crippen LogP contribution in [0.3, 0.4) is 0 Å². The number of fused-ring (bicyclic) bond motifs is 8. The number of aromatic nitrogens is 4. The lowest BCUT2D eigenvalue weighted by Crippen LogP contribution is -2.24. The molecule has 0 spiro atoms. The standard InChI is InChI=1S/C47H46N2O4.2C25H20N2O2.C24H18N2O2/c1-6-7-8-9-10-12-17-32-24-25-34(26-30(32)4)53-38-27-37(48-43-29(3)23-22-28(2)31(43)5)40-41-39(35-20-15-16-21-36(35)46(40)51)42(47(52)49-44(38)41)45(50)33-18-13-11-14-19-33;1-14-10-15(2)12-16(11-14)26-20-8-9-21-23-19(13-22(28)27(21)3)17-6-4-5-7-18(17)25(29)24(20)23;1-14-8-9-19(15(2)12-14)26-20-10-11-21-23-18(13-22(28)27(21)3)16-6-4-5-7-17(16)25(29)24(20)23;1-14-7-9-15(10-8-14)25-19-11-12-20-22-18(13-21(27)26(20)2)16-5-3-4-6-17(16)24(28)23(19)22/h11,13-16,18-27,48H,6-10,12,17H2,1-5H3,(H,49,52);2*4-13,26H,1-3H3;3-13,25H,1-2H3. The Hall–Kier alpha value is -16.7. The van der Waals surface area contributed by atoms with E-state index in [9.17, 15) is 43.2 Å². The van der Waals surface area contributed by atoms with Gasteiger partial charge in [0, 0.05) is 123 Å². The van der Waals surface area contributed by atoms with Crippen molar-refractivity contribution >= 4 is 118 Å². The second-order valence-corrected chi connectivity index (χ2v) is 36.9. The van der Waals surface area contributed by atoms with Gasteiger partial charge < -0.3 is 44.7 Å². The maximum atomic E-state index is 14.6. The first kappa shape index (κ1) is 91.4. The van der Waals surface area contributed by atoms with E-state index in [1.807, 2.05) is 209 Å². The van der Waals surface area contributed by atoms with Crippen molar-refractivity contribution in [3.05, 3.63) is 432 Å². The molecule has 18 aromatic rings. The summed E-state index contributed by atoms with van der Waals surface area (Å²) in [6.45, 7) is 20.7. The zero-order chi connectivity index (χ0) is 97.2. The van der Waals surface area contributed by atoms with Crippen LogP contribution in [0.4, 0.5) is 45.5 Å². The molecule has 0 saturated heterocycles. The van der Waals surface area contributed by atoms with Gasteiger partial charge in [0.05, 0.1) is 72.6 Å². The number of aromatic amines is 1. The number of aryl methyl sites for hydroxylation is 12. The van der Waals surface area contributed by atoms with Crippen LogP contribution in [0, 0.1) is 62.3 Å². The Labute approximate surface area is 804 Å². The molecule has 4 aliphatic rings. The van der Waals surface area contributed by atoms with Gasteiger partial charge in [-0.15, -0.1) is 0 Å². The van der Waals surface area contributed by atoms with E-state index in [1.54, 1.807) is 83.4 Å². The predicted molar refractivity (Wildman–Crippen MR) is 563 cm³/mol. The zero-order valence-corrected chi connectivity index (χ0v) is 79.9. The summed E-state index contributed by atoms with van der Waals surface area (Å²) in [5.74, 6) is 0.307. The fourth-order valence-corrected chi connectivity index (χ4v) is 20.2. The highest BCUT2D eigenvalue weighted by Crippen LogP contribution is 2.51. The van der Waals surface area contributed by atoms with Crippen molar-refractivity contribution in [3.8, 4) is 56.0 Å². The van der Waals surface area contributed by atoms with Crippen LogP contribution < -0.4 is 48.2 Å². The van der Waals surface area contributed by atoms with E-state index >= 15 is 0 Å². The number of anilines is 8. The van der Waals surface area contributed by atoms with Crippen molar-refractivity contribution in [1.29, 1.82) is 0 Å².